The molecule has 14 heavy (non-hydrogen) atoms. The molecule has 0 aromatic heterocycles. The molecule has 0 bridgehead atoms. The predicted molar refractivity (Wildman–Crippen MR) is 46.4 cm³/mol. The van der Waals surface area contributed by atoms with E-state index in [4.69, 9.17) is 0 Å². The first-order valence-electron chi connectivity index (χ1n) is 3.57. The second-order valence-corrected chi connectivity index (χ2v) is 4.73. The van der Waals surface area contributed by atoms with E-state index >= 15 is 0 Å². The van der Waals surface area contributed by atoms with E-state index in [9.17, 15) is 17.8 Å². The fourth-order valence-corrected chi connectivity index (χ4v) is 0.797. The second-order valence-electron chi connectivity index (χ2n) is 3.62. The summed E-state index contributed by atoms with van der Waals surface area (Å²) in [6.07, 6.45) is 2.53. The number of hydrogen-bond acceptors (Lipinski definition) is 4. The van der Waals surface area contributed by atoms with Crippen molar-refractivity contribution in [1.82, 2.24) is 4.72 Å². The van der Waals surface area contributed by atoms with Crippen molar-refractivity contribution in [2.45, 2.75) is 20.8 Å². The maximum atomic E-state index is 10.7. The first-order valence-corrected chi connectivity index (χ1v) is 4.98. The summed E-state index contributed by atoms with van der Waals surface area (Å²) in [6, 6.07) is 0. The van der Waals surface area contributed by atoms with Gasteiger partial charge in [-0.1, -0.05) is 26.8 Å². The molecule has 0 aromatic rings. The van der Waals surface area contributed by atoms with E-state index in [0.717, 1.165) is 6.08 Å². The molecule has 0 unspecified atom stereocenters. The van der Waals surface area contributed by atoms with Crippen LogP contribution in [-0.4, -0.2) is 18.9 Å². The Morgan fingerprint density at radius 1 is 1.36 bits per heavy atom. The molecule has 1 amide bonds. The zero-order valence-electron chi connectivity index (χ0n) is 8.70. The van der Waals surface area contributed by atoms with Crippen molar-refractivity contribution in [2.75, 3.05) is 0 Å². The molecule has 0 spiro atoms. The van der Waals surface area contributed by atoms with Gasteiger partial charge in [-0.2, -0.15) is 0 Å². The van der Waals surface area contributed by atoms with Crippen LogP contribution in [0.4, 0.5) is 0 Å². The molecule has 0 fully saturated rings. The van der Waals surface area contributed by atoms with Gasteiger partial charge >= 0.3 is 29.6 Å². The number of carbonyl (C=O) groups excluding carboxylic acids is 1. The number of rotatable bonds is 2. The normalized spacial score (nSPS) is 12.3. The molecule has 0 aromatic carbocycles. The molecule has 0 heterocycles. The summed E-state index contributed by atoms with van der Waals surface area (Å²) in [6.45, 7) is 5.51. The number of carbonyl (C=O) groups is 1. The van der Waals surface area contributed by atoms with Gasteiger partial charge in [0.2, 0.25) is 0 Å². The Labute approximate surface area is 106 Å². The van der Waals surface area contributed by atoms with E-state index in [1.807, 2.05) is 20.8 Å². The Hall–Kier alpha value is 0.120. The molecular formula is C7H12NNaO4S. The molecule has 0 rings (SSSR count). The molecular weight excluding hydrogens is 217 g/mol. The van der Waals surface area contributed by atoms with Gasteiger partial charge in [0.1, 0.15) is 0 Å². The summed E-state index contributed by atoms with van der Waals surface area (Å²) in [5.41, 5.74) is -0.232. The van der Waals surface area contributed by atoms with Crippen molar-refractivity contribution in [2.24, 2.45) is 5.41 Å². The Kier molecular flexibility index (Phi) is 6.94. The van der Waals surface area contributed by atoms with Crippen LogP contribution in [0, 0.1) is 5.41 Å². The third kappa shape index (κ3) is 12.1. The fraction of sp³-hybridized carbons (Fsp3) is 0.571. The van der Waals surface area contributed by atoms with E-state index in [1.54, 1.807) is 0 Å². The number of nitrogens with one attached hydrogen (secondary N) is 1. The summed E-state index contributed by atoms with van der Waals surface area (Å²) in [5, 5.41) is 0. The third-order valence-electron chi connectivity index (χ3n) is 0.960. The van der Waals surface area contributed by atoms with Crippen LogP contribution in [0.5, 0.6) is 0 Å². The van der Waals surface area contributed by atoms with Crippen molar-refractivity contribution in [1.29, 1.82) is 0 Å². The van der Waals surface area contributed by atoms with E-state index in [1.165, 1.54) is 10.8 Å². The number of amides is 1. The van der Waals surface area contributed by atoms with Gasteiger partial charge in [0.25, 0.3) is 5.91 Å². The van der Waals surface area contributed by atoms with Gasteiger partial charge in [-0.15, -0.1) is 0 Å². The third-order valence-corrected chi connectivity index (χ3v) is 1.41. The van der Waals surface area contributed by atoms with Gasteiger partial charge in [0, 0.05) is 6.08 Å². The average molecular weight is 229 g/mol. The predicted octanol–water partition coefficient (Wildman–Crippen LogP) is -2.83. The molecule has 1 N–H and O–H groups in total. The number of allylic oxidation sites excluding steroid dienone is 1. The van der Waals surface area contributed by atoms with Crippen molar-refractivity contribution >= 4 is 16.2 Å². The summed E-state index contributed by atoms with van der Waals surface area (Å²) >= 11 is 0. The molecule has 0 radical (unpaired) electrons. The Balaban J connectivity index is 0. The maximum Gasteiger partial charge on any atom is 1.00 e. The van der Waals surface area contributed by atoms with Gasteiger partial charge in [-0.05, 0) is 5.41 Å². The van der Waals surface area contributed by atoms with E-state index < -0.39 is 16.2 Å². The molecule has 0 aliphatic carbocycles. The molecule has 0 saturated heterocycles. The Morgan fingerprint density at radius 2 is 1.79 bits per heavy atom. The van der Waals surface area contributed by atoms with Gasteiger partial charge in [-0.25, -0.2) is 8.42 Å². The summed E-state index contributed by atoms with van der Waals surface area (Å²) in [7, 11) is -4.69. The summed E-state index contributed by atoms with van der Waals surface area (Å²) in [4.78, 5) is 10.7. The van der Waals surface area contributed by atoms with Crippen LogP contribution in [0.15, 0.2) is 12.2 Å². The summed E-state index contributed by atoms with van der Waals surface area (Å²) in [5.74, 6) is -0.926. The van der Waals surface area contributed by atoms with Crippen molar-refractivity contribution in [3.05, 3.63) is 12.2 Å². The first kappa shape index (κ1) is 16.5. The van der Waals surface area contributed by atoms with Crippen molar-refractivity contribution in [3.8, 4) is 0 Å². The second kappa shape index (κ2) is 5.87. The van der Waals surface area contributed by atoms with Crippen LogP contribution in [0.2, 0.25) is 0 Å². The van der Waals surface area contributed by atoms with E-state index in [2.05, 4.69) is 0 Å². The molecule has 0 saturated carbocycles. The van der Waals surface area contributed by atoms with Crippen LogP contribution in [0.3, 0.4) is 0 Å². The van der Waals surface area contributed by atoms with Crippen LogP contribution in [0.1, 0.15) is 20.8 Å². The van der Waals surface area contributed by atoms with Crippen LogP contribution >= 0.6 is 0 Å². The molecule has 76 valence electrons. The van der Waals surface area contributed by atoms with E-state index in [-0.39, 0.29) is 35.0 Å². The Bertz CT molecular complexity index is 315. The maximum absolute atomic E-state index is 10.7. The molecule has 0 atom stereocenters. The smallest absolute Gasteiger partial charge is 0.731 e. The molecule has 5 nitrogen and oxygen atoms in total. The Morgan fingerprint density at radius 3 is 2.07 bits per heavy atom. The van der Waals surface area contributed by atoms with Gasteiger partial charge in [0.05, 0.1) is 0 Å². The summed E-state index contributed by atoms with van der Waals surface area (Å²) < 4.78 is 31.4. The van der Waals surface area contributed by atoms with Crippen molar-refractivity contribution < 1.29 is 47.3 Å². The van der Waals surface area contributed by atoms with E-state index in [0.29, 0.717) is 0 Å². The van der Waals surface area contributed by atoms with Crippen LogP contribution in [0.25, 0.3) is 0 Å². The zero-order chi connectivity index (χ0) is 10.7. The minimum atomic E-state index is -4.69. The van der Waals surface area contributed by atoms with Gasteiger partial charge in [0.15, 0.2) is 10.3 Å². The van der Waals surface area contributed by atoms with Crippen LogP contribution < -0.4 is 34.3 Å². The largest absolute Gasteiger partial charge is 1.00 e. The minimum Gasteiger partial charge on any atom is -0.731 e. The monoisotopic (exact) mass is 229 g/mol. The molecule has 0 aliphatic heterocycles. The molecule has 7 heteroatoms. The number of hydrogen-bond donors (Lipinski definition) is 1. The fourth-order valence-electron chi connectivity index (χ4n) is 0.483. The van der Waals surface area contributed by atoms with Gasteiger partial charge in [-0.3, -0.25) is 9.52 Å². The minimum absolute atomic E-state index is 0. The van der Waals surface area contributed by atoms with Crippen molar-refractivity contribution in [3.63, 3.8) is 0 Å². The van der Waals surface area contributed by atoms with Crippen LogP contribution in [-0.2, 0) is 15.1 Å². The average Bonchev–Trinajstić information content (AvgIpc) is 1.78. The van der Waals surface area contributed by atoms with Gasteiger partial charge < -0.3 is 4.55 Å². The SMILES string of the molecule is CC(C)(C)C=CC(=O)NS(=O)(=O)[O-].[Na+]. The topological polar surface area (TPSA) is 86.3 Å². The zero-order valence-corrected chi connectivity index (χ0v) is 11.5. The standard InChI is InChI=1S/C7H13NO4S.Na/c1-7(2,3)5-4-6(9)8-13(10,11)12;/h4-5H,1-3H3,(H,8,9)(H,10,11,12);/q;+1/p-1. The quantitative estimate of drug-likeness (QED) is 0.314. The molecule has 0 aliphatic rings. The first-order chi connectivity index (χ1) is 5.60.